The summed E-state index contributed by atoms with van der Waals surface area (Å²) in [5.74, 6) is 0. The van der Waals surface area contributed by atoms with Crippen LogP contribution in [-0.4, -0.2) is 8.67 Å². The third-order valence-electron chi connectivity index (χ3n) is 4.32. The molecule has 0 heterocycles. The highest BCUT2D eigenvalue weighted by Crippen LogP contribution is 2.89. The van der Waals surface area contributed by atoms with Crippen molar-refractivity contribution in [3.8, 4) is 0 Å². The van der Waals surface area contributed by atoms with E-state index >= 15 is 0 Å². The zero-order chi connectivity index (χ0) is 9.54. The summed E-state index contributed by atoms with van der Waals surface area (Å²) in [6, 6.07) is 0. The fourth-order valence-electron chi connectivity index (χ4n) is 3.42. The maximum absolute atomic E-state index is 6.20. The molecule has 0 bridgehead atoms. The van der Waals surface area contributed by atoms with Crippen molar-refractivity contribution in [2.45, 2.75) is 40.8 Å². The van der Waals surface area contributed by atoms with Crippen molar-refractivity contribution in [3.63, 3.8) is 0 Å². The fourth-order valence-corrected chi connectivity index (χ4v) is 5.44. The molecule has 3 fully saturated rings. The summed E-state index contributed by atoms with van der Waals surface area (Å²) in [4.78, 5) is 0. The van der Waals surface area contributed by atoms with Gasteiger partial charge in [-0.25, -0.2) is 0 Å². The van der Waals surface area contributed by atoms with Crippen LogP contribution in [0.25, 0.3) is 0 Å². The van der Waals surface area contributed by atoms with Gasteiger partial charge in [0.15, 0.2) is 0 Å². The van der Waals surface area contributed by atoms with Crippen LogP contribution in [0.2, 0.25) is 0 Å². The summed E-state index contributed by atoms with van der Waals surface area (Å²) in [6.45, 7) is 0. The molecule has 3 saturated carbocycles. The molecule has 3 aliphatic rings. The Hall–Kier alpha value is 1.16. The first kappa shape index (κ1) is 9.39. The lowest BCUT2D eigenvalue weighted by Gasteiger charge is -2.21. The molecule has 0 unspecified atom stereocenters. The molecular weight excluding hydrogens is 250 g/mol. The molecule has 2 spiro atoms. The summed E-state index contributed by atoms with van der Waals surface area (Å²) in [7, 11) is 0. The number of hydrogen-bond acceptors (Lipinski definition) is 0. The second kappa shape index (κ2) is 2.14. The zero-order valence-electron chi connectivity index (χ0n) is 7.05. The van der Waals surface area contributed by atoms with E-state index in [4.69, 9.17) is 46.4 Å². The Kier molecular flexibility index (Phi) is 1.55. The summed E-state index contributed by atoms with van der Waals surface area (Å²) in [5, 5.41) is 0. The first-order valence-electron chi connectivity index (χ1n) is 4.63. The van der Waals surface area contributed by atoms with Crippen LogP contribution in [0.5, 0.6) is 0 Å². The summed E-state index contributed by atoms with van der Waals surface area (Å²) >= 11 is 24.8. The third-order valence-corrected chi connectivity index (χ3v) is 6.30. The molecule has 3 rings (SSSR count). The van der Waals surface area contributed by atoms with E-state index in [0.717, 1.165) is 25.7 Å². The molecule has 0 nitrogen and oxygen atoms in total. The molecule has 0 N–H and O–H groups in total. The van der Waals surface area contributed by atoms with Gasteiger partial charge in [0.1, 0.15) is 8.67 Å². The predicted octanol–water partition coefficient (Wildman–Crippen LogP) is 4.30. The van der Waals surface area contributed by atoms with E-state index in [1.807, 2.05) is 0 Å². The van der Waals surface area contributed by atoms with E-state index in [-0.39, 0.29) is 10.8 Å². The number of rotatable bonds is 0. The van der Waals surface area contributed by atoms with Gasteiger partial charge >= 0.3 is 0 Å². The largest absolute Gasteiger partial charge is 0.125 e. The quantitative estimate of drug-likeness (QED) is 0.569. The van der Waals surface area contributed by atoms with Crippen LogP contribution in [0.3, 0.4) is 0 Å². The molecular formula is C9H10Cl4. The maximum Gasteiger partial charge on any atom is 0.125 e. The van der Waals surface area contributed by atoms with Gasteiger partial charge in [0.05, 0.1) is 0 Å². The molecule has 0 aliphatic heterocycles. The van der Waals surface area contributed by atoms with Crippen LogP contribution < -0.4 is 0 Å². The molecule has 0 radical (unpaired) electrons. The van der Waals surface area contributed by atoms with Gasteiger partial charge < -0.3 is 0 Å². The van der Waals surface area contributed by atoms with Gasteiger partial charge in [-0.1, -0.05) is 6.42 Å². The van der Waals surface area contributed by atoms with Crippen molar-refractivity contribution < 1.29 is 0 Å². The summed E-state index contributed by atoms with van der Waals surface area (Å²) in [6.07, 6.45) is 5.12. The lowest BCUT2D eigenvalue weighted by atomic mass is 9.89. The first-order valence-corrected chi connectivity index (χ1v) is 6.14. The molecule has 2 atom stereocenters. The van der Waals surface area contributed by atoms with Crippen molar-refractivity contribution in [3.05, 3.63) is 0 Å². The second-order valence-electron chi connectivity index (χ2n) is 4.78. The predicted molar refractivity (Wildman–Crippen MR) is 56.8 cm³/mol. The number of halogens is 4. The smallest absolute Gasteiger partial charge is 0.101 e. The van der Waals surface area contributed by atoms with Crippen LogP contribution in [0, 0.1) is 10.8 Å². The Morgan fingerprint density at radius 1 is 0.692 bits per heavy atom. The first-order chi connectivity index (χ1) is 5.87. The minimum atomic E-state index is -0.547. The van der Waals surface area contributed by atoms with Gasteiger partial charge in [-0.2, -0.15) is 0 Å². The van der Waals surface area contributed by atoms with Crippen LogP contribution in [0.4, 0.5) is 0 Å². The minimum absolute atomic E-state index is 0.0482. The Labute approximate surface area is 97.9 Å². The van der Waals surface area contributed by atoms with E-state index < -0.39 is 8.67 Å². The molecule has 13 heavy (non-hydrogen) atoms. The highest BCUT2D eigenvalue weighted by molar-refractivity contribution is 6.54. The average molecular weight is 260 g/mol. The van der Waals surface area contributed by atoms with Crippen molar-refractivity contribution in [2.24, 2.45) is 10.8 Å². The standard InChI is InChI=1S/C9H10Cl4/c10-8(11)4-6(8)2-1-3-7(6)5-9(7,12)13/h1-5H2/t6-,7-/m0/s1. The Balaban J connectivity index is 2.00. The SMILES string of the molecule is ClC1(Cl)C[C@]12CCC[C@]21CC1(Cl)Cl. The van der Waals surface area contributed by atoms with Crippen LogP contribution in [0.1, 0.15) is 32.1 Å². The number of alkyl halides is 4. The molecule has 0 amide bonds. The normalized spacial score (nSPS) is 54.5. The fraction of sp³-hybridized carbons (Fsp3) is 1.00. The van der Waals surface area contributed by atoms with E-state index in [1.165, 1.54) is 6.42 Å². The summed E-state index contributed by atoms with van der Waals surface area (Å²) in [5.41, 5.74) is 0.0965. The zero-order valence-corrected chi connectivity index (χ0v) is 10.1. The van der Waals surface area contributed by atoms with E-state index in [2.05, 4.69) is 0 Å². The Morgan fingerprint density at radius 3 is 1.23 bits per heavy atom. The lowest BCUT2D eigenvalue weighted by Crippen LogP contribution is -2.22. The molecule has 0 aromatic carbocycles. The number of hydrogen-bond donors (Lipinski definition) is 0. The van der Waals surface area contributed by atoms with Gasteiger partial charge in [-0.05, 0) is 25.7 Å². The summed E-state index contributed by atoms with van der Waals surface area (Å²) < 4.78 is -1.09. The Bertz CT molecular complexity index is 249. The van der Waals surface area contributed by atoms with Crippen LogP contribution >= 0.6 is 46.4 Å². The highest BCUT2D eigenvalue weighted by Gasteiger charge is 2.87. The van der Waals surface area contributed by atoms with E-state index in [1.54, 1.807) is 0 Å². The Morgan fingerprint density at radius 2 is 1.00 bits per heavy atom. The molecule has 0 aromatic rings. The van der Waals surface area contributed by atoms with Crippen molar-refractivity contribution in [1.82, 2.24) is 0 Å². The van der Waals surface area contributed by atoms with Crippen molar-refractivity contribution in [2.75, 3.05) is 0 Å². The number of fused-ring (bicyclic) bond motifs is 1. The minimum Gasteiger partial charge on any atom is -0.101 e. The van der Waals surface area contributed by atoms with Gasteiger partial charge in [0, 0.05) is 10.8 Å². The molecule has 0 saturated heterocycles. The van der Waals surface area contributed by atoms with Gasteiger partial charge in [-0.15, -0.1) is 46.4 Å². The van der Waals surface area contributed by atoms with Crippen molar-refractivity contribution >= 4 is 46.4 Å². The molecule has 3 aliphatic carbocycles. The second-order valence-corrected chi connectivity index (χ2v) is 7.75. The highest BCUT2D eigenvalue weighted by atomic mass is 35.5. The maximum atomic E-state index is 6.20. The van der Waals surface area contributed by atoms with Crippen LogP contribution in [0.15, 0.2) is 0 Å². The molecule has 4 heteroatoms. The van der Waals surface area contributed by atoms with Gasteiger partial charge in [-0.3, -0.25) is 0 Å². The van der Waals surface area contributed by atoms with Crippen LogP contribution in [-0.2, 0) is 0 Å². The molecule has 74 valence electrons. The lowest BCUT2D eigenvalue weighted by molar-refractivity contribution is 0.330. The molecule has 0 aromatic heterocycles. The van der Waals surface area contributed by atoms with E-state index in [9.17, 15) is 0 Å². The monoisotopic (exact) mass is 258 g/mol. The topological polar surface area (TPSA) is 0 Å². The van der Waals surface area contributed by atoms with E-state index in [0.29, 0.717) is 0 Å². The van der Waals surface area contributed by atoms with Crippen molar-refractivity contribution in [1.29, 1.82) is 0 Å². The third kappa shape index (κ3) is 0.840. The average Bonchev–Trinajstić information content (AvgIpc) is 2.60. The van der Waals surface area contributed by atoms with Gasteiger partial charge in [0.25, 0.3) is 0 Å². The van der Waals surface area contributed by atoms with Gasteiger partial charge in [0.2, 0.25) is 0 Å².